The van der Waals surface area contributed by atoms with Crippen LogP contribution >= 0.6 is 11.6 Å². The molecule has 6 nitrogen and oxygen atoms in total. The van der Waals surface area contributed by atoms with Crippen LogP contribution in [0, 0.1) is 0 Å². The summed E-state index contributed by atoms with van der Waals surface area (Å²) in [6.45, 7) is 5.44. The number of carbonyl (C=O) groups excluding carboxylic acids is 1. The van der Waals surface area contributed by atoms with Crippen molar-refractivity contribution >= 4 is 23.2 Å². The number of hydrazine groups is 1. The predicted molar refractivity (Wildman–Crippen MR) is 92.7 cm³/mol. The van der Waals surface area contributed by atoms with Crippen molar-refractivity contribution in [2.45, 2.75) is 12.5 Å². The van der Waals surface area contributed by atoms with E-state index in [1.165, 1.54) is 0 Å². The average Bonchev–Trinajstić information content (AvgIpc) is 3.08. The Bertz CT molecular complexity index is 527. The van der Waals surface area contributed by atoms with Crippen LogP contribution in [0.3, 0.4) is 0 Å². The fourth-order valence-electron chi connectivity index (χ4n) is 3.04. The number of halogens is 1. The molecule has 0 spiro atoms. The van der Waals surface area contributed by atoms with Gasteiger partial charge in [0.1, 0.15) is 0 Å². The highest BCUT2D eigenvalue weighted by atomic mass is 35.5. The molecule has 2 fully saturated rings. The second kappa shape index (κ2) is 7.97. The lowest BCUT2D eigenvalue weighted by molar-refractivity contribution is -0.130. The normalized spacial score (nSPS) is 21.7. The molecule has 2 aliphatic heterocycles. The van der Waals surface area contributed by atoms with Crippen LogP contribution in [0.4, 0.5) is 5.69 Å². The van der Waals surface area contributed by atoms with Gasteiger partial charge < -0.3 is 15.1 Å². The number of carbonyl (C=O) groups is 1. The SMILES string of the molecule is O=C(CNCC1CCNN1)N1CCN(c2cccc(Cl)c2)CC1. The van der Waals surface area contributed by atoms with Gasteiger partial charge >= 0.3 is 0 Å². The average molecular weight is 338 g/mol. The second-order valence-corrected chi connectivity index (χ2v) is 6.47. The van der Waals surface area contributed by atoms with Gasteiger partial charge in [-0.3, -0.25) is 15.6 Å². The van der Waals surface area contributed by atoms with E-state index in [9.17, 15) is 4.79 Å². The van der Waals surface area contributed by atoms with E-state index in [4.69, 9.17) is 11.6 Å². The summed E-state index contributed by atoms with van der Waals surface area (Å²) < 4.78 is 0. The van der Waals surface area contributed by atoms with Gasteiger partial charge in [0.25, 0.3) is 0 Å². The summed E-state index contributed by atoms with van der Waals surface area (Å²) in [5.41, 5.74) is 7.41. The minimum Gasteiger partial charge on any atom is -0.368 e. The minimum absolute atomic E-state index is 0.182. The number of nitrogens with zero attached hydrogens (tertiary/aromatic N) is 2. The zero-order valence-corrected chi connectivity index (χ0v) is 14.0. The van der Waals surface area contributed by atoms with Crippen LogP contribution in [0.2, 0.25) is 5.02 Å². The molecule has 3 N–H and O–H groups in total. The highest BCUT2D eigenvalue weighted by Crippen LogP contribution is 2.20. The van der Waals surface area contributed by atoms with Gasteiger partial charge in [-0.1, -0.05) is 17.7 Å². The fraction of sp³-hybridized carbons (Fsp3) is 0.562. The third kappa shape index (κ3) is 4.57. The van der Waals surface area contributed by atoms with Crippen molar-refractivity contribution in [1.82, 2.24) is 21.1 Å². The first kappa shape index (κ1) is 16.5. The molecule has 0 aliphatic carbocycles. The summed E-state index contributed by atoms with van der Waals surface area (Å²) in [7, 11) is 0. The third-order valence-electron chi connectivity index (χ3n) is 4.40. The Morgan fingerprint density at radius 2 is 2.13 bits per heavy atom. The molecule has 1 aromatic rings. The van der Waals surface area contributed by atoms with E-state index < -0.39 is 0 Å². The van der Waals surface area contributed by atoms with E-state index in [-0.39, 0.29) is 5.91 Å². The smallest absolute Gasteiger partial charge is 0.236 e. The Balaban J connectivity index is 1.40. The highest BCUT2D eigenvalue weighted by Gasteiger charge is 2.21. The summed E-state index contributed by atoms with van der Waals surface area (Å²) in [6.07, 6.45) is 1.10. The van der Waals surface area contributed by atoms with Crippen LogP contribution < -0.4 is 21.1 Å². The molecule has 126 valence electrons. The van der Waals surface area contributed by atoms with Crippen LogP contribution in [0.1, 0.15) is 6.42 Å². The van der Waals surface area contributed by atoms with Crippen molar-refractivity contribution in [2.24, 2.45) is 0 Å². The van der Waals surface area contributed by atoms with E-state index in [1.54, 1.807) is 0 Å². The molecule has 1 amide bonds. The first-order chi connectivity index (χ1) is 11.2. The summed E-state index contributed by atoms with van der Waals surface area (Å²) in [6, 6.07) is 8.30. The molecule has 1 unspecified atom stereocenters. The van der Waals surface area contributed by atoms with Gasteiger partial charge in [-0.25, -0.2) is 0 Å². The van der Waals surface area contributed by atoms with Gasteiger partial charge in [0.05, 0.1) is 6.54 Å². The summed E-state index contributed by atoms with van der Waals surface area (Å²) in [4.78, 5) is 16.5. The maximum Gasteiger partial charge on any atom is 0.236 e. The maximum atomic E-state index is 12.3. The van der Waals surface area contributed by atoms with E-state index in [1.807, 2.05) is 23.1 Å². The Hall–Kier alpha value is -1.34. The van der Waals surface area contributed by atoms with Crippen LogP contribution in [-0.2, 0) is 4.79 Å². The predicted octanol–water partition coefficient (Wildman–Crippen LogP) is 0.445. The molecular weight excluding hydrogens is 314 g/mol. The van der Waals surface area contributed by atoms with Gasteiger partial charge in [0.15, 0.2) is 0 Å². The number of rotatable bonds is 5. The van der Waals surface area contributed by atoms with Crippen molar-refractivity contribution in [3.63, 3.8) is 0 Å². The van der Waals surface area contributed by atoms with Crippen molar-refractivity contribution in [3.05, 3.63) is 29.3 Å². The largest absolute Gasteiger partial charge is 0.368 e. The molecule has 3 rings (SSSR count). The quantitative estimate of drug-likeness (QED) is 0.728. The van der Waals surface area contributed by atoms with Crippen LogP contribution in [-0.4, -0.2) is 62.7 Å². The number of benzene rings is 1. The van der Waals surface area contributed by atoms with Crippen molar-refractivity contribution < 1.29 is 4.79 Å². The molecule has 1 atom stereocenters. The Morgan fingerprint density at radius 1 is 1.30 bits per heavy atom. The number of hydrogen-bond donors (Lipinski definition) is 3. The maximum absolute atomic E-state index is 12.3. The molecule has 0 aromatic heterocycles. The molecule has 7 heteroatoms. The number of hydrogen-bond acceptors (Lipinski definition) is 5. The molecule has 2 aliphatic rings. The minimum atomic E-state index is 0.182. The lowest BCUT2D eigenvalue weighted by Gasteiger charge is -2.36. The molecular formula is C16H24ClN5O. The summed E-state index contributed by atoms with van der Waals surface area (Å²) >= 11 is 6.05. The van der Waals surface area contributed by atoms with E-state index in [0.717, 1.165) is 56.4 Å². The Morgan fingerprint density at radius 3 is 2.83 bits per heavy atom. The van der Waals surface area contributed by atoms with Crippen LogP contribution in [0.25, 0.3) is 0 Å². The Labute approximate surface area is 142 Å². The fourth-order valence-corrected chi connectivity index (χ4v) is 3.22. The van der Waals surface area contributed by atoms with Crippen molar-refractivity contribution in [3.8, 4) is 0 Å². The first-order valence-corrected chi connectivity index (χ1v) is 8.57. The van der Waals surface area contributed by atoms with E-state index in [0.29, 0.717) is 12.6 Å². The van der Waals surface area contributed by atoms with Gasteiger partial charge in [-0.2, -0.15) is 0 Å². The number of amides is 1. The zero-order chi connectivity index (χ0) is 16.1. The zero-order valence-electron chi connectivity index (χ0n) is 13.2. The van der Waals surface area contributed by atoms with Crippen LogP contribution in [0.15, 0.2) is 24.3 Å². The summed E-state index contributed by atoms with van der Waals surface area (Å²) in [5, 5.41) is 4.00. The van der Waals surface area contributed by atoms with E-state index in [2.05, 4.69) is 27.1 Å². The van der Waals surface area contributed by atoms with Crippen LogP contribution in [0.5, 0.6) is 0 Å². The Kier molecular flexibility index (Phi) is 5.72. The first-order valence-electron chi connectivity index (χ1n) is 8.20. The molecule has 23 heavy (non-hydrogen) atoms. The van der Waals surface area contributed by atoms with Crippen molar-refractivity contribution in [2.75, 3.05) is 50.7 Å². The molecule has 1 aromatic carbocycles. The molecule has 2 heterocycles. The van der Waals surface area contributed by atoms with E-state index >= 15 is 0 Å². The number of nitrogens with one attached hydrogen (secondary N) is 3. The molecule has 0 saturated carbocycles. The summed E-state index contributed by atoms with van der Waals surface area (Å²) in [5.74, 6) is 0.182. The molecule has 0 radical (unpaired) electrons. The topological polar surface area (TPSA) is 59.6 Å². The highest BCUT2D eigenvalue weighted by molar-refractivity contribution is 6.30. The molecule has 0 bridgehead atoms. The van der Waals surface area contributed by atoms with Gasteiger partial charge in [-0.05, 0) is 24.6 Å². The molecule has 2 saturated heterocycles. The standard InChI is InChI=1S/C16H24ClN5O/c17-13-2-1-3-15(10-13)21-6-8-22(9-7-21)16(23)12-18-11-14-4-5-19-20-14/h1-3,10,14,18-20H,4-9,11-12H2. The second-order valence-electron chi connectivity index (χ2n) is 6.04. The number of piperazine rings is 1. The third-order valence-corrected chi connectivity index (χ3v) is 4.63. The number of anilines is 1. The van der Waals surface area contributed by atoms with Crippen molar-refractivity contribution in [1.29, 1.82) is 0 Å². The lowest BCUT2D eigenvalue weighted by atomic mass is 10.2. The lowest BCUT2D eigenvalue weighted by Crippen LogP contribution is -2.51. The van der Waals surface area contributed by atoms with Gasteiger partial charge in [0.2, 0.25) is 5.91 Å². The van der Waals surface area contributed by atoms with Gasteiger partial charge in [-0.15, -0.1) is 0 Å². The monoisotopic (exact) mass is 337 g/mol. The van der Waals surface area contributed by atoms with Gasteiger partial charge in [0, 0.05) is 56.0 Å².